The molecule has 1 saturated heterocycles. The molecule has 140 valence electrons. The summed E-state index contributed by atoms with van der Waals surface area (Å²) in [5.74, 6) is 1.59. The maximum absolute atomic E-state index is 12.5. The number of ether oxygens (including phenoxy) is 3. The summed E-state index contributed by atoms with van der Waals surface area (Å²) in [5, 5.41) is 12.3. The summed E-state index contributed by atoms with van der Waals surface area (Å²) in [5.41, 5.74) is 0.735. The highest BCUT2D eigenvalue weighted by molar-refractivity contribution is 5.76. The topological polar surface area (TPSA) is 91.6 Å². The molecule has 1 aliphatic rings. The van der Waals surface area contributed by atoms with Gasteiger partial charge in [-0.25, -0.2) is 0 Å². The fourth-order valence-corrected chi connectivity index (χ4v) is 2.81. The predicted octanol–water partition coefficient (Wildman–Crippen LogP) is 0.995. The maximum atomic E-state index is 12.5. The van der Waals surface area contributed by atoms with Gasteiger partial charge in [0.05, 0.1) is 26.9 Å². The van der Waals surface area contributed by atoms with Crippen molar-refractivity contribution in [1.29, 1.82) is 0 Å². The van der Waals surface area contributed by atoms with Crippen LogP contribution in [0.1, 0.15) is 13.3 Å². The third kappa shape index (κ3) is 3.93. The lowest BCUT2D eigenvalue weighted by Gasteiger charge is -2.32. The Morgan fingerprint density at radius 2 is 2.12 bits per heavy atom. The lowest BCUT2D eigenvalue weighted by Crippen LogP contribution is -2.46. The van der Waals surface area contributed by atoms with Crippen LogP contribution >= 0.6 is 0 Å². The van der Waals surface area contributed by atoms with Crippen LogP contribution in [0.3, 0.4) is 0 Å². The summed E-state index contributed by atoms with van der Waals surface area (Å²) in [6, 6.07) is 5.37. The van der Waals surface area contributed by atoms with Crippen molar-refractivity contribution in [1.82, 2.24) is 25.1 Å². The second kappa shape index (κ2) is 8.13. The van der Waals surface area contributed by atoms with Gasteiger partial charge >= 0.3 is 0 Å². The highest BCUT2D eigenvalue weighted by atomic mass is 16.5. The largest absolute Gasteiger partial charge is 0.493 e. The van der Waals surface area contributed by atoms with Crippen LogP contribution in [0.25, 0.3) is 11.4 Å². The fourth-order valence-electron chi connectivity index (χ4n) is 2.81. The number of carbonyl (C=O) groups excluding carboxylic acids is 1. The number of hydrogen-bond acceptors (Lipinski definition) is 7. The molecule has 1 fully saturated rings. The molecule has 1 amide bonds. The zero-order valence-corrected chi connectivity index (χ0v) is 15.2. The quantitative estimate of drug-likeness (QED) is 0.758. The Balaban J connectivity index is 1.69. The van der Waals surface area contributed by atoms with E-state index in [-0.39, 0.29) is 18.6 Å². The first-order valence-electron chi connectivity index (χ1n) is 8.54. The average Bonchev–Trinajstić information content (AvgIpc) is 3.15. The molecule has 9 heteroatoms. The summed E-state index contributed by atoms with van der Waals surface area (Å²) in [6.07, 6.45) is 0.980. The molecule has 9 nitrogen and oxygen atoms in total. The molecule has 26 heavy (non-hydrogen) atoms. The van der Waals surface area contributed by atoms with Gasteiger partial charge in [0.1, 0.15) is 6.54 Å². The molecule has 0 spiro atoms. The Morgan fingerprint density at radius 1 is 1.31 bits per heavy atom. The molecule has 2 aromatic rings. The molecule has 1 aromatic heterocycles. The molecule has 3 rings (SSSR count). The summed E-state index contributed by atoms with van der Waals surface area (Å²) in [6.45, 7) is 3.86. The third-order valence-corrected chi connectivity index (χ3v) is 4.32. The van der Waals surface area contributed by atoms with Crippen LogP contribution in [0, 0.1) is 0 Å². The van der Waals surface area contributed by atoms with Gasteiger partial charge in [0.25, 0.3) is 0 Å². The molecule has 0 radical (unpaired) electrons. The van der Waals surface area contributed by atoms with Crippen molar-refractivity contribution in [3.05, 3.63) is 18.2 Å². The number of aromatic nitrogens is 4. The number of nitrogens with zero attached hydrogens (tertiary/aromatic N) is 5. The van der Waals surface area contributed by atoms with Crippen molar-refractivity contribution < 1.29 is 19.0 Å². The molecule has 1 aromatic carbocycles. The standard InChI is InChI=1S/C17H23N5O4/c1-4-13-10-21(7-8-26-13)16(23)11-22-19-17(18-20-22)12-5-6-14(24-2)15(9-12)25-3/h5-6,9,13H,4,7-8,10-11H2,1-3H3. The third-order valence-electron chi connectivity index (χ3n) is 4.32. The number of rotatable bonds is 6. The molecule has 1 unspecified atom stereocenters. The minimum atomic E-state index is -0.0389. The van der Waals surface area contributed by atoms with Crippen LogP contribution in [0.2, 0.25) is 0 Å². The van der Waals surface area contributed by atoms with E-state index in [1.54, 1.807) is 31.3 Å². The second-order valence-electron chi connectivity index (χ2n) is 5.95. The Hall–Kier alpha value is -2.68. The van der Waals surface area contributed by atoms with Crippen LogP contribution in [-0.2, 0) is 16.1 Å². The molecule has 1 atom stereocenters. The number of benzene rings is 1. The van der Waals surface area contributed by atoms with E-state index in [0.717, 1.165) is 12.0 Å². The minimum Gasteiger partial charge on any atom is -0.493 e. The van der Waals surface area contributed by atoms with E-state index in [4.69, 9.17) is 14.2 Å². The van der Waals surface area contributed by atoms with Gasteiger partial charge < -0.3 is 19.1 Å². The highest BCUT2D eigenvalue weighted by Crippen LogP contribution is 2.30. The van der Waals surface area contributed by atoms with E-state index in [2.05, 4.69) is 15.4 Å². The van der Waals surface area contributed by atoms with Crippen LogP contribution in [-0.4, -0.2) is 71.0 Å². The van der Waals surface area contributed by atoms with Gasteiger partial charge in [0.2, 0.25) is 11.7 Å². The van der Waals surface area contributed by atoms with E-state index in [1.807, 2.05) is 13.0 Å². The van der Waals surface area contributed by atoms with Gasteiger partial charge in [-0.3, -0.25) is 4.79 Å². The molecule has 0 N–H and O–H groups in total. The highest BCUT2D eigenvalue weighted by Gasteiger charge is 2.24. The van der Waals surface area contributed by atoms with E-state index in [0.29, 0.717) is 37.0 Å². The maximum Gasteiger partial charge on any atom is 0.246 e. The van der Waals surface area contributed by atoms with Crippen LogP contribution in [0.15, 0.2) is 18.2 Å². The van der Waals surface area contributed by atoms with Crippen molar-refractivity contribution in [2.75, 3.05) is 33.9 Å². The Kier molecular flexibility index (Phi) is 5.67. The van der Waals surface area contributed by atoms with Gasteiger partial charge in [0, 0.05) is 18.7 Å². The molecule has 0 aliphatic carbocycles. The molecule has 0 saturated carbocycles. The van der Waals surface area contributed by atoms with Crippen molar-refractivity contribution in [2.45, 2.75) is 26.0 Å². The van der Waals surface area contributed by atoms with Crippen molar-refractivity contribution in [2.24, 2.45) is 0 Å². The van der Waals surface area contributed by atoms with Crippen molar-refractivity contribution >= 4 is 5.91 Å². The van der Waals surface area contributed by atoms with Crippen LogP contribution in [0.4, 0.5) is 0 Å². The van der Waals surface area contributed by atoms with E-state index in [9.17, 15) is 4.79 Å². The van der Waals surface area contributed by atoms with E-state index < -0.39 is 0 Å². The Bertz CT molecular complexity index is 763. The zero-order chi connectivity index (χ0) is 18.5. The van der Waals surface area contributed by atoms with Crippen molar-refractivity contribution in [3.63, 3.8) is 0 Å². The summed E-state index contributed by atoms with van der Waals surface area (Å²) < 4.78 is 16.1. The van der Waals surface area contributed by atoms with Gasteiger partial charge in [-0.1, -0.05) is 6.92 Å². The molecular formula is C17H23N5O4. The zero-order valence-electron chi connectivity index (χ0n) is 15.2. The van der Waals surface area contributed by atoms with E-state index >= 15 is 0 Å². The lowest BCUT2D eigenvalue weighted by atomic mass is 10.2. The average molecular weight is 361 g/mol. The van der Waals surface area contributed by atoms with Crippen molar-refractivity contribution in [3.8, 4) is 22.9 Å². The van der Waals surface area contributed by atoms with Crippen LogP contribution in [0.5, 0.6) is 11.5 Å². The molecular weight excluding hydrogens is 338 g/mol. The van der Waals surface area contributed by atoms with Gasteiger partial charge in [-0.15, -0.1) is 10.2 Å². The number of tetrazole rings is 1. The first kappa shape index (κ1) is 18.1. The number of hydrogen-bond donors (Lipinski definition) is 0. The van der Waals surface area contributed by atoms with Gasteiger partial charge in [0.15, 0.2) is 11.5 Å². The SMILES string of the molecule is CCC1CN(C(=O)Cn2nnc(-c3ccc(OC)c(OC)c3)n2)CCO1. The second-order valence-corrected chi connectivity index (χ2v) is 5.95. The van der Waals surface area contributed by atoms with E-state index in [1.165, 1.54) is 4.80 Å². The predicted molar refractivity (Wildman–Crippen MR) is 93.0 cm³/mol. The molecule has 2 heterocycles. The Labute approximate surface area is 151 Å². The normalized spacial score (nSPS) is 17.2. The van der Waals surface area contributed by atoms with Gasteiger partial charge in [-0.2, -0.15) is 4.80 Å². The number of amides is 1. The monoisotopic (exact) mass is 361 g/mol. The van der Waals surface area contributed by atoms with Gasteiger partial charge in [-0.05, 0) is 29.8 Å². The summed E-state index contributed by atoms with van der Waals surface area (Å²) >= 11 is 0. The summed E-state index contributed by atoms with van der Waals surface area (Å²) in [7, 11) is 3.14. The number of methoxy groups -OCH3 is 2. The van der Waals surface area contributed by atoms with Crippen LogP contribution < -0.4 is 9.47 Å². The molecule has 1 aliphatic heterocycles. The molecule has 0 bridgehead atoms. The lowest BCUT2D eigenvalue weighted by molar-refractivity contribution is -0.139. The minimum absolute atomic E-state index is 0.0389. The summed E-state index contributed by atoms with van der Waals surface area (Å²) in [4.78, 5) is 15.6. The fraction of sp³-hybridized carbons (Fsp3) is 0.529. The Morgan fingerprint density at radius 3 is 2.85 bits per heavy atom. The number of carbonyl (C=O) groups is 1. The first-order valence-corrected chi connectivity index (χ1v) is 8.54. The first-order chi connectivity index (χ1) is 12.6. The number of morpholine rings is 1. The smallest absolute Gasteiger partial charge is 0.246 e.